The Morgan fingerprint density at radius 3 is 2.53 bits per heavy atom. The third-order valence-corrected chi connectivity index (χ3v) is 7.26. The number of amides is 2. The molecular weight excluding hydrogens is 490 g/mol. The van der Waals surface area contributed by atoms with Crippen LogP contribution in [0.5, 0.6) is 5.75 Å². The molecule has 1 atom stereocenters. The van der Waals surface area contributed by atoms with Crippen molar-refractivity contribution >= 4 is 11.8 Å². The Labute approximate surface area is 222 Å². The molecule has 2 fully saturated rings. The maximum Gasteiger partial charge on any atom is 0.258 e. The summed E-state index contributed by atoms with van der Waals surface area (Å²) in [6, 6.07) is 10.6. The van der Waals surface area contributed by atoms with Crippen molar-refractivity contribution in [3.63, 3.8) is 0 Å². The average molecular weight is 525 g/mol. The van der Waals surface area contributed by atoms with Crippen molar-refractivity contribution < 1.29 is 23.1 Å². The standard InChI is InChI=1S/C29H34F2N4O3/c1-29(2,31)18-34-13-10-19(11-14-34)17-38-21-8-9-22(20(15-21)16-32)23-5-3-6-24(30)26(23)28(37)35-12-4-7-25(35)27(33)36/h3,5-6,8-9,15,19,25H,4,7,10-14,17-18H2,1-2H3,(H2,33,36)/t25-/m0/s1. The van der Waals surface area contributed by atoms with Gasteiger partial charge < -0.3 is 20.3 Å². The van der Waals surface area contributed by atoms with Crippen LogP contribution < -0.4 is 10.5 Å². The topological polar surface area (TPSA) is 99.7 Å². The van der Waals surface area contributed by atoms with Crippen molar-refractivity contribution in [3.05, 3.63) is 53.3 Å². The van der Waals surface area contributed by atoms with E-state index in [0.717, 1.165) is 25.9 Å². The molecule has 202 valence electrons. The van der Waals surface area contributed by atoms with Crippen molar-refractivity contribution in [3.8, 4) is 22.9 Å². The van der Waals surface area contributed by atoms with Gasteiger partial charge >= 0.3 is 0 Å². The SMILES string of the molecule is CC(C)(F)CN1CCC(COc2ccc(-c3cccc(F)c3C(=O)N3CCC[C@H]3C(N)=O)c(C#N)c2)CC1. The number of nitrogens with zero attached hydrogens (tertiary/aromatic N) is 3. The Bertz CT molecular complexity index is 1230. The molecule has 4 rings (SSSR count). The van der Waals surface area contributed by atoms with E-state index in [4.69, 9.17) is 10.5 Å². The maximum absolute atomic E-state index is 15.0. The van der Waals surface area contributed by atoms with Gasteiger partial charge in [-0.2, -0.15) is 5.26 Å². The number of piperidine rings is 1. The van der Waals surface area contributed by atoms with E-state index in [1.807, 2.05) is 0 Å². The predicted octanol–water partition coefficient (Wildman–Crippen LogP) is 4.29. The molecular formula is C29H34F2N4O3. The summed E-state index contributed by atoms with van der Waals surface area (Å²) in [7, 11) is 0. The highest BCUT2D eigenvalue weighted by molar-refractivity contribution is 6.03. The van der Waals surface area contributed by atoms with Gasteiger partial charge in [-0.05, 0) is 88.4 Å². The molecule has 2 aliphatic heterocycles. The first-order valence-electron chi connectivity index (χ1n) is 13.0. The third-order valence-electron chi connectivity index (χ3n) is 7.26. The number of nitrogens with two attached hydrogens (primary N) is 1. The number of alkyl halides is 1. The van der Waals surface area contributed by atoms with Gasteiger partial charge in [-0.15, -0.1) is 0 Å². The lowest BCUT2D eigenvalue weighted by molar-refractivity contribution is -0.121. The van der Waals surface area contributed by atoms with Crippen LogP contribution in [0.25, 0.3) is 11.1 Å². The second-order valence-corrected chi connectivity index (χ2v) is 10.8. The van der Waals surface area contributed by atoms with Crippen molar-refractivity contribution in [2.45, 2.75) is 51.2 Å². The number of likely N-dealkylation sites (tertiary alicyclic amines) is 2. The summed E-state index contributed by atoms with van der Waals surface area (Å²) >= 11 is 0. The van der Waals surface area contributed by atoms with E-state index in [1.54, 1.807) is 38.1 Å². The molecule has 0 radical (unpaired) electrons. The summed E-state index contributed by atoms with van der Waals surface area (Å²) in [5.41, 5.74) is 4.98. The molecule has 0 aliphatic carbocycles. The third kappa shape index (κ3) is 6.30. The number of rotatable bonds is 8. The fourth-order valence-electron chi connectivity index (χ4n) is 5.41. The highest BCUT2D eigenvalue weighted by atomic mass is 19.1. The molecule has 2 aromatic rings. The van der Waals surface area contributed by atoms with Crippen molar-refractivity contribution in [2.24, 2.45) is 11.7 Å². The summed E-state index contributed by atoms with van der Waals surface area (Å²) in [5, 5.41) is 9.88. The van der Waals surface area contributed by atoms with Crippen LogP contribution in [0.15, 0.2) is 36.4 Å². The van der Waals surface area contributed by atoms with Crippen LogP contribution in [0.3, 0.4) is 0 Å². The number of primary amides is 1. The minimum Gasteiger partial charge on any atom is -0.493 e. The van der Waals surface area contributed by atoms with Gasteiger partial charge in [0.05, 0.1) is 23.8 Å². The molecule has 0 unspecified atom stereocenters. The van der Waals surface area contributed by atoms with E-state index in [1.165, 1.54) is 17.0 Å². The largest absolute Gasteiger partial charge is 0.493 e. The Kier molecular flexibility index (Phi) is 8.32. The van der Waals surface area contributed by atoms with E-state index < -0.39 is 29.3 Å². The van der Waals surface area contributed by atoms with Crippen LogP contribution in [0.1, 0.15) is 55.5 Å². The Morgan fingerprint density at radius 1 is 1.13 bits per heavy atom. The molecule has 2 heterocycles. The lowest BCUT2D eigenvalue weighted by Gasteiger charge is -2.34. The summed E-state index contributed by atoms with van der Waals surface area (Å²) < 4.78 is 35.0. The van der Waals surface area contributed by atoms with Crippen molar-refractivity contribution in [1.82, 2.24) is 9.80 Å². The minimum absolute atomic E-state index is 0.186. The number of ether oxygens (including phenoxy) is 1. The lowest BCUT2D eigenvalue weighted by atomic mass is 9.94. The predicted molar refractivity (Wildman–Crippen MR) is 140 cm³/mol. The van der Waals surface area contributed by atoms with Gasteiger partial charge in [0.2, 0.25) is 5.91 Å². The molecule has 2 N–H and O–H groups in total. The fourth-order valence-corrected chi connectivity index (χ4v) is 5.41. The number of hydrogen-bond donors (Lipinski definition) is 1. The van der Waals surface area contributed by atoms with Crippen molar-refractivity contribution in [1.29, 1.82) is 5.26 Å². The fraction of sp³-hybridized carbons (Fsp3) is 0.483. The second kappa shape index (κ2) is 11.5. The second-order valence-electron chi connectivity index (χ2n) is 10.8. The van der Waals surface area contributed by atoms with E-state index >= 15 is 4.39 Å². The van der Waals surface area contributed by atoms with E-state index in [0.29, 0.717) is 49.8 Å². The first kappa shape index (κ1) is 27.5. The number of carbonyl (C=O) groups is 2. The normalized spacial score (nSPS) is 18.8. The number of halogens is 2. The molecule has 38 heavy (non-hydrogen) atoms. The molecule has 0 saturated carbocycles. The van der Waals surface area contributed by atoms with E-state index in [-0.39, 0.29) is 16.7 Å². The maximum atomic E-state index is 15.0. The molecule has 2 aromatic carbocycles. The van der Waals surface area contributed by atoms with Crippen molar-refractivity contribution in [2.75, 3.05) is 32.8 Å². The number of carbonyl (C=O) groups excluding carboxylic acids is 2. The van der Waals surface area contributed by atoms with Crippen LogP contribution in [0, 0.1) is 23.1 Å². The van der Waals surface area contributed by atoms with Crippen LogP contribution in [0.4, 0.5) is 8.78 Å². The molecule has 7 nitrogen and oxygen atoms in total. The minimum atomic E-state index is -1.22. The molecule has 2 saturated heterocycles. The molecule has 2 amide bonds. The number of hydrogen-bond acceptors (Lipinski definition) is 5. The molecule has 0 bridgehead atoms. The zero-order valence-electron chi connectivity index (χ0n) is 21.9. The highest BCUT2D eigenvalue weighted by Gasteiger charge is 2.35. The molecule has 2 aliphatic rings. The average Bonchev–Trinajstić information content (AvgIpc) is 3.37. The molecule has 0 spiro atoms. The first-order chi connectivity index (χ1) is 18.1. The van der Waals surface area contributed by atoms with Crippen LogP contribution in [0.2, 0.25) is 0 Å². The molecule has 0 aromatic heterocycles. The monoisotopic (exact) mass is 524 g/mol. The van der Waals surface area contributed by atoms with Crippen LogP contribution >= 0.6 is 0 Å². The summed E-state index contributed by atoms with van der Waals surface area (Å²) in [5.74, 6) is -1.13. The lowest BCUT2D eigenvalue weighted by Crippen LogP contribution is -2.44. The van der Waals surface area contributed by atoms with Gasteiger partial charge in [0.25, 0.3) is 5.91 Å². The Morgan fingerprint density at radius 2 is 1.87 bits per heavy atom. The van der Waals surface area contributed by atoms with Gasteiger partial charge in [0.1, 0.15) is 23.3 Å². The zero-order valence-corrected chi connectivity index (χ0v) is 21.9. The van der Waals surface area contributed by atoms with Crippen LogP contribution in [-0.4, -0.2) is 66.1 Å². The Balaban J connectivity index is 1.50. The van der Waals surface area contributed by atoms with Gasteiger partial charge in [-0.3, -0.25) is 9.59 Å². The van der Waals surface area contributed by atoms with E-state index in [9.17, 15) is 19.2 Å². The smallest absolute Gasteiger partial charge is 0.258 e. The van der Waals surface area contributed by atoms with Crippen LogP contribution in [-0.2, 0) is 4.79 Å². The number of nitriles is 1. The number of benzene rings is 2. The quantitative estimate of drug-likeness (QED) is 0.555. The summed E-state index contributed by atoms with van der Waals surface area (Å²) in [6.07, 6.45) is 2.84. The van der Waals surface area contributed by atoms with Gasteiger partial charge in [0, 0.05) is 18.7 Å². The van der Waals surface area contributed by atoms with Gasteiger partial charge in [-0.25, -0.2) is 8.78 Å². The Hall–Kier alpha value is -3.51. The summed E-state index contributed by atoms with van der Waals surface area (Å²) in [6.45, 7) is 6.00. The zero-order chi connectivity index (χ0) is 27.4. The van der Waals surface area contributed by atoms with Gasteiger partial charge in [-0.1, -0.05) is 12.1 Å². The molecule has 9 heteroatoms. The summed E-state index contributed by atoms with van der Waals surface area (Å²) in [4.78, 5) is 28.6. The highest BCUT2D eigenvalue weighted by Crippen LogP contribution is 2.33. The first-order valence-corrected chi connectivity index (χ1v) is 13.0. The van der Waals surface area contributed by atoms with E-state index in [2.05, 4.69) is 11.0 Å². The van der Waals surface area contributed by atoms with Gasteiger partial charge in [0.15, 0.2) is 0 Å².